The molecule has 0 fully saturated rings. The molecular formula is C17H17N3O2S. The summed E-state index contributed by atoms with van der Waals surface area (Å²) in [5, 5.41) is 3.37. The molecule has 0 atom stereocenters. The summed E-state index contributed by atoms with van der Waals surface area (Å²) in [5.74, 6) is 0.632. The predicted molar refractivity (Wildman–Crippen MR) is 94.2 cm³/mol. The average Bonchev–Trinajstić information content (AvgIpc) is 2.93. The van der Waals surface area contributed by atoms with E-state index in [1.165, 1.54) is 11.3 Å². The molecular weight excluding hydrogens is 310 g/mol. The molecule has 6 heteroatoms. The molecule has 1 amide bonds. The number of aromatic nitrogens is 1. The van der Waals surface area contributed by atoms with Gasteiger partial charge in [0.2, 0.25) is 0 Å². The fourth-order valence-corrected chi connectivity index (χ4v) is 2.91. The number of nitrogens with one attached hydrogen (secondary N) is 1. The van der Waals surface area contributed by atoms with Crippen LogP contribution in [0.5, 0.6) is 5.75 Å². The van der Waals surface area contributed by atoms with Crippen molar-refractivity contribution in [3.63, 3.8) is 0 Å². The second-order valence-corrected chi connectivity index (χ2v) is 6.12. The van der Waals surface area contributed by atoms with E-state index >= 15 is 0 Å². The second-order valence-electron chi connectivity index (χ2n) is 5.06. The van der Waals surface area contributed by atoms with Crippen molar-refractivity contribution in [2.24, 2.45) is 0 Å². The van der Waals surface area contributed by atoms with E-state index < -0.39 is 0 Å². The zero-order valence-electron chi connectivity index (χ0n) is 12.7. The number of carbonyl (C=O) groups is 1. The minimum Gasteiger partial charge on any atom is -0.494 e. The Balaban J connectivity index is 1.72. The number of thiazole rings is 1. The van der Waals surface area contributed by atoms with E-state index in [4.69, 9.17) is 10.5 Å². The molecule has 0 spiro atoms. The van der Waals surface area contributed by atoms with Gasteiger partial charge in [0, 0.05) is 11.3 Å². The molecule has 0 saturated carbocycles. The lowest BCUT2D eigenvalue weighted by Crippen LogP contribution is -2.11. The number of amides is 1. The fraction of sp³-hybridized carbons (Fsp3) is 0.176. The van der Waals surface area contributed by atoms with Crippen LogP contribution in [0.2, 0.25) is 0 Å². The standard InChI is InChI=1S/C17H17N3O2S/c1-2-9-22-13-6-4-12(5-7-13)19-16(21)11-3-8-14-15(10-11)23-17(18)20-14/h3-8,10H,2,9H2,1H3,(H2,18,20)(H,19,21). The largest absolute Gasteiger partial charge is 0.494 e. The van der Waals surface area contributed by atoms with E-state index in [1.807, 2.05) is 24.3 Å². The maximum atomic E-state index is 12.3. The van der Waals surface area contributed by atoms with Crippen LogP contribution < -0.4 is 15.8 Å². The Bertz CT molecular complexity index is 827. The van der Waals surface area contributed by atoms with Gasteiger partial charge in [0.1, 0.15) is 5.75 Å². The van der Waals surface area contributed by atoms with Crippen molar-refractivity contribution < 1.29 is 9.53 Å². The van der Waals surface area contributed by atoms with Crippen LogP contribution >= 0.6 is 11.3 Å². The van der Waals surface area contributed by atoms with Crippen LogP contribution in [0, 0.1) is 0 Å². The number of benzene rings is 2. The lowest BCUT2D eigenvalue weighted by Gasteiger charge is -2.07. The van der Waals surface area contributed by atoms with Crippen molar-refractivity contribution in [3.8, 4) is 5.75 Å². The molecule has 2 aromatic carbocycles. The molecule has 3 N–H and O–H groups in total. The Labute approximate surface area is 138 Å². The number of nitrogens with zero attached hydrogens (tertiary/aromatic N) is 1. The third-order valence-electron chi connectivity index (χ3n) is 3.25. The summed E-state index contributed by atoms with van der Waals surface area (Å²) in [6, 6.07) is 12.7. The predicted octanol–water partition coefficient (Wildman–Crippen LogP) is 3.92. The first kappa shape index (κ1) is 15.3. The summed E-state index contributed by atoms with van der Waals surface area (Å²) in [5.41, 5.74) is 7.79. The minimum absolute atomic E-state index is 0.166. The fourth-order valence-electron chi connectivity index (χ4n) is 2.14. The number of nitrogens with two attached hydrogens (primary N) is 1. The third-order valence-corrected chi connectivity index (χ3v) is 4.10. The summed E-state index contributed by atoms with van der Waals surface area (Å²) in [6.45, 7) is 2.74. The maximum absolute atomic E-state index is 12.3. The summed E-state index contributed by atoms with van der Waals surface area (Å²) >= 11 is 1.37. The highest BCUT2D eigenvalue weighted by Gasteiger charge is 2.09. The van der Waals surface area contributed by atoms with Gasteiger partial charge in [0.15, 0.2) is 5.13 Å². The van der Waals surface area contributed by atoms with Gasteiger partial charge in [-0.05, 0) is 48.9 Å². The summed E-state index contributed by atoms with van der Waals surface area (Å²) in [7, 11) is 0. The van der Waals surface area contributed by atoms with Crippen molar-refractivity contribution in [1.29, 1.82) is 0 Å². The average molecular weight is 327 g/mol. The van der Waals surface area contributed by atoms with Gasteiger partial charge in [0.25, 0.3) is 5.91 Å². The quantitative estimate of drug-likeness (QED) is 0.744. The van der Waals surface area contributed by atoms with Crippen molar-refractivity contribution in [2.45, 2.75) is 13.3 Å². The molecule has 23 heavy (non-hydrogen) atoms. The van der Waals surface area contributed by atoms with Gasteiger partial charge >= 0.3 is 0 Å². The number of nitrogen functional groups attached to an aromatic ring is 1. The molecule has 0 aliphatic carbocycles. The number of fused-ring (bicyclic) bond motifs is 1. The number of anilines is 2. The van der Waals surface area contributed by atoms with Crippen molar-refractivity contribution in [3.05, 3.63) is 48.0 Å². The van der Waals surface area contributed by atoms with Crippen LogP contribution in [-0.4, -0.2) is 17.5 Å². The number of carbonyl (C=O) groups excluding carboxylic acids is 1. The Hall–Kier alpha value is -2.60. The van der Waals surface area contributed by atoms with Crippen LogP contribution in [0.15, 0.2) is 42.5 Å². The Morgan fingerprint density at radius 2 is 2.04 bits per heavy atom. The van der Waals surface area contributed by atoms with Crippen LogP contribution in [0.25, 0.3) is 10.2 Å². The number of rotatable bonds is 5. The molecule has 0 aliphatic rings. The molecule has 0 aliphatic heterocycles. The lowest BCUT2D eigenvalue weighted by atomic mass is 10.2. The van der Waals surface area contributed by atoms with Gasteiger partial charge in [-0.3, -0.25) is 4.79 Å². The first-order chi connectivity index (χ1) is 11.2. The van der Waals surface area contributed by atoms with E-state index in [-0.39, 0.29) is 5.91 Å². The van der Waals surface area contributed by atoms with Crippen LogP contribution in [-0.2, 0) is 0 Å². The molecule has 3 aromatic rings. The van der Waals surface area contributed by atoms with E-state index in [2.05, 4.69) is 17.2 Å². The van der Waals surface area contributed by atoms with Gasteiger partial charge < -0.3 is 15.8 Å². The molecule has 5 nitrogen and oxygen atoms in total. The van der Waals surface area contributed by atoms with Crippen LogP contribution in [0.4, 0.5) is 10.8 Å². The minimum atomic E-state index is -0.166. The third kappa shape index (κ3) is 3.60. The Kier molecular flexibility index (Phi) is 4.43. The number of hydrogen-bond acceptors (Lipinski definition) is 5. The molecule has 118 valence electrons. The first-order valence-electron chi connectivity index (χ1n) is 7.36. The van der Waals surface area contributed by atoms with E-state index in [0.717, 1.165) is 28.1 Å². The lowest BCUT2D eigenvalue weighted by molar-refractivity contribution is 0.102. The number of ether oxygens (including phenoxy) is 1. The van der Waals surface area contributed by atoms with E-state index in [1.54, 1.807) is 18.2 Å². The molecule has 0 unspecified atom stereocenters. The van der Waals surface area contributed by atoms with E-state index in [9.17, 15) is 4.79 Å². The van der Waals surface area contributed by atoms with E-state index in [0.29, 0.717) is 17.3 Å². The van der Waals surface area contributed by atoms with Gasteiger partial charge in [-0.1, -0.05) is 18.3 Å². The molecule has 0 saturated heterocycles. The SMILES string of the molecule is CCCOc1ccc(NC(=O)c2ccc3nc(N)sc3c2)cc1. The highest BCUT2D eigenvalue weighted by Crippen LogP contribution is 2.25. The highest BCUT2D eigenvalue weighted by atomic mass is 32.1. The van der Waals surface area contributed by atoms with Gasteiger partial charge in [-0.15, -0.1) is 0 Å². The Morgan fingerprint density at radius 3 is 2.78 bits per heavy atom. The number of hydrogen-bond donors (Lipinski definition) is 2. The topological polar surface area (TPSA) is 77.2 Å². The molecule has 0 radical (unpaired) electrons. The zero-order valence-corrected chi connectivity index (χ0v) is 13.5. The van der Waals surface area contributed by atoms with Crippen molar-refractivity contribution in [2.75, 3.05) is 17.7 Å². The second kappa shape index (κ2) is 6.66. The highest BCUT2D eigenvalue weighted by molar-refractivity contribution is 7.22. The molecule has 1 aromatic heterocycles. The summed E-state index contributed by atoms with van der Waals surface area (Å²) in [4.78, 5) is 16.5. The van der Waals surface area contributed by atoms with Crippen LogP contribution in [0.1, 0.15) is 23.7 Å². The first-order valence-corrected chi connectivity index (χ1v) is 8.17. The molecule has 3 rings (SSSR count). The van der Waals surface area contributed by atoms with Gasteiger partial charge in [0.05, 0.1) is 16.8 Å². The monoisotopic (exact) mass is 327 g/mol. The van der Waals surface area contributed by atoms with Crippen LogP contribution in [0.3, 0.4) is 0 Å². The summed E-state index contributed by atoms with van der Waals surface area (Å²) in [6.07, 6.45) is 0.961. The van der Waals surface area contributed by atoms with Gasteiger partial charge in [-0.2, -0.15) is 0 Å². The Morgan fingerprint density at radius 1 is 1.26 bits per heavy atom. The van der Waals surface area contributed by atoms with Crippen molar-refractivity contribution >= 4 is 38.3 Å². The normalized spacial score (nSPS) is 10.7. The molecule has 1 heterocycles. The zero-order chi connectivity index (χ0) is 16.2. The molecule has 0 bridgehead atoms. The summed E-state index contributed by atoms with van der Waals surface area (Å²) < 4.78 is 6.42. The maximum Gasteiger partial charge on any atom is 0.255 e. The van der Waals surface area contributed by atoms with Crippen molar-refractivity contribution in [1.82, 2.24) is 4.98 Å². The van der Waals surface area contributed by atoms with Gasteiger partial charge in [-0.25, -0.2) is 4.98 Å². The smallest absolute Gasteiger partial charge is 0.255 e.